The first-order valence-corrected chi connectivity index (χ1v) is 8.42. The molecular weight excluding hydrogens is 256 g/mol. The number of allylic oxidation sites excluding steroid dienone is 1. The van der Waals surface area contributed by atoms with E-state index in [0.29, 0.717) is 5.25 Å². The van der Waals surface area contributed by atoms with Gasteiger partial charge in [0.1, 0.15) is 0 Å². The van der Waals surface area contributed by atoms with Gasteiger partial charge in [-0.2, -0.15) is 11.8 Å². The van der Waals surface area contributed by atoms with E-state index in [0.717, 1.165) is 38.4 Å². The highest BCUT2D eigenvalue weighted by atomic mass is 32.2. The quantitative estimate of drug-likeness (QED) is 0.671. The Balaban J connectivity index is 2.41. The predicted octanol–water partition coefficient (Wildman–Crippen LogP) is 2.23. The van der Waals surface area contributed by atoms with Gasteiger partial charge in [0.15, 0.2) is 0 Å². The lowest BCUT2D eigenvalue weighted by molar-refractivity contribution is 0.149. The number of hydrogen-bond acceptors (Lipinski definition) is 4. The summed E-state index contributed by atoms with van der Waals surface area (Å²) in [5.74, 6) is 0.735. The maximum atomic E-state index is 8.97. The van der Waals surface area contributed by atoms with Gasteiger partial charge in [0, 0.05) is 11.8 Å². The van der Waals surface area contributed by atoms with Gasteiger partial charge in [-0.15, -0.1) is 0 Å². The normalized spacial score (nSPS) is 19.9. The van der Waals surface area contributed by atoms with E-state index in [1.807, 2.05) is 17.8 Å². The van der Waals surface area contributed by atoms with Crippen molar-refractivity contribution in [2.75, 3.05) is 32.5 Å². The minimum absolute atomic E-state index is 0.273. The lowest BCUT2D eigenvalue weighted by atomic mass is 9.88. The fraction of sp³-hybridized carbons (Fsp3) is 0.733. The molecule has 0 amide bonds. The van der Waals surface area contributed by atoms with Gasteiger partial charge in [0.2, 0.25) is 0 Å². The molecule has 0 aromatic rings. The van der Waals surface area contributed by atoms with Crippen LogP contribution >= 0.6 is 11.8 Å². The van der Waals surface area contributed by atoms with Crippen molar-refractivity contribution in [1.29, 1.82) is 0 Å². The lowest BCUT2D eigenvalue weighted by Gasteiger charge is -2.36. The molecule has 3 N–H and O–H groups in total. The maximum absolute atomic E-state index is 8.97. The smallest absolute Gasteiger partial charge is 0.0558 e. The van der Waals surface area contributed by atoms with Crippen molar-refractivity contribution in [3.8, 4) is 0 Å². The summed E-state index contributed by atoms with van der Waals surface area (Å²) < 4.78 is 0. The van der Waals surface area contributed by atoms with E-state index < -0.39 is 0 Å². The highest BCUT2D eigenvalue weighted by molar-refractivity contribution is 7.99. The topological polar surface area (TPSA) is 49.5 Å². The molecule has 0 radical (unpaired) electrons. The SMILES string of the molecule is C=C(CC/C=C\N)C(SC)C1CCN(CCO)CC1. The summed E-state index contributed by atoms with van der Waals surface area (Å²) >= 11 is 1.93. The molecule has 0 spiro atoms. The molecule has 0 aromatic heterocycles. The summed E-state index contributed by atoms with van der Waals surface area (Å²) in [6.07, 6.45) is 10.3. The fourth-order valence-electron chi connectivity index (χ4n) is 2.82. The number of nitrogens with two attached hydrogens (primary N) is 1. The molecule has 1 saturated heterocycles. The van der Waals surface area contributed by atoms with Gasteiger partial charge in [0.25, 0.3) is 0 Å². The third kappa shape index (κ3) is 5.59. The van der Waals surface area contributed by atoms with Gasteiger partial charge in [-0.1, -0.05) is 18.2 Å². The number of β-amino-alcohol motifs (C(OH)–C–C–N with tert-alkyl or cyclic N) is 1. The highest BCUT2D eigenvalue weighted by Crippen LogP contribution is 2.33. The molecule has 1 aliphatic rings. The van der Waals surface area contributed by atoms with Crippen LogP contribution in [0.1, 0.15) is 25.7 Å². The first-order chi connectivity index (χ1) is 9.22. The Morgan fingerprint density at radius 3 is 2.74 bits per heavy atom. The molecule has 1 rings (SSSR count). The Bertz CT molecular complexity index is 286. The first-order valence-electron chi connectivity index (χ1n) is 7.13. The van der Waals surface area contributed by atoms with Crippen molar-refractivity contribution in [3.05, 3.63) is 24.4 Å². The van der Waals surface area contributed by atoms with Crippen LogP contribution in [0, 0.1) is 5.92 Å². The van der Waals surface area contributed by atoms with Crippen LogP contribution in [0.25, 0.3) is 0 Å². The number of nitrogens with zero attached hydrogens (tertiary/aromatic N) is 1. The van der Waals surface area contributed by atoms with Crippen molar-refractivity contribution in [1.82, 2.24) is 4.90 Å². The summed E-state index contributed by atoms with van der Waals surface area (Å²) in [6.45, 7) is 7.59. The lowest BCUT2D eigenvalue weighted by Crippen LogP contribution is -2.38. The average molecular weight is 284 g/mol. The van der Waals surface area contributed by atoms with Crippen LogP contribution in [-0.4, -0.2) is 47.8 Å². The third-order valence-electron chi connectivity index (χ3n) is 3.90. The minimum Gasteiger partial charge on any atom is -0.405 e. The third-order valence-corrected chi connectivity index (χ3v) is 5.13. The van der Waals surface area contributed by atoms with Crippen LogP contribution in [0.5, 0.6) is 0 Å². The Morgan fingerprint density at radius 1 is 1.53 bits per heavy atom. The first kappa shape index (κ1) is 16.6. The molecule has 110 valence electrons. The zero-order valence-electron chi connectivity index (χ0n) is 12.1. The molecule has 1 atom stereocenters. The summed E-state index contributed by atoms with van der Waals surface area (Å²) in [5, 5.41) is 9.54. The van der Waals surface area contributed by atoms with Gasteiger partial charge in [-0.25, -0.2) is 0 Å². The molecule has 4 heteroatoms. The Hall–Kier alpha value is -0.450. The maximum Gasteiger partial charge on any atom is 0.0558 e. The van der Waals surface area contributed by atoms with Crippen LogP contribution in [0.2, 0.25) is 0 Å². The van der Waals surface area contributed by atoms with E-state index in [-0.39, 0.29) is 6.61 Å². The molecule has 1 unspecified atom stereocenters. The van der Waals surface area contributed by atoms with E-state index in [9.17, 15) is 0 Å². The zero-order chi connectivity index (χ0) is 14.1. The van der Waals surface area contributed by atoms with E-state index in [1.54, 1.807) is 6.20 Å². The minimum atomic E-state index is 0.273. The standard InChI is InChI=1S/C15H28N2OS/c1-13(5-3-4-8-16)15(19-2)14-6-9-17(10-7-14)11-12-18/h4,8,14-15,18H,1,3,5-7,9-12,16H2,2H3/b8-4-. The van der Waals surface area contributed by atoms with Crippen LogP contribution in [0.3, 0.4) is 0 Å². The van der Waals surface area contributed by atoms with Gasteiger partial charge < -0.3 is 15.7 Å². The van der Waals surface area contributed by atoms with Crippen molar-refractivity contribution in [2.24, 2.45) is 11.7 Å². The molecule has 1 fully saturated rings. The molecule has 0 aliphatic carbocycles. The molecule has 1 heterocycles. The Morgan fingerprint density at radius 2 is 2.21 bits per heavy atom. The Kier molecular flexibility index (Phi) is 8.26. The summed E-state index contributed by atoms with van der Waals surface area (Å²) in [7, 11) is 0. The molecular formula is C15H28N2OS. The monoisotopic (exact) mass is 284 g/mol. The van der Waals surface area contributed by atoms with Crippen LogP contribution in [0.4, 0.5) is 0 Å². The van der Waals surface area contributed by atoms with Crippen molar-refractivity contribution >= 4 is 11.8 Å². The second-order valence-corrected chi connectivity index (χ2v) is 6.16. The number of hydrogen-bond donors (Lipinski definition) is 2. The molecule has 0 saturated carbocycles. The molecule has 3 nitrogen and oxygen atoms in total. The highest BCUT2D eigenvalue weighted by Gasteiger charge is 2.27. The van der Waals surface area contributed by atoms with Crippen LogP contribution < -0.4 is 5.73 Å². The number of likely N-dealkylation sites (tertiary alicyclic amines) is 1. The van der Waals surface area contributed by atoms with E-state index >= 15 is 0 Å². The largest absolute Gasteiger partial charge is 0.405 e. The van der Waals surface area contributed by atoms with Gasteiger partial charge in [0.05, 0.1) is 6.61 Å². The van der Waals surface area contributed by atoms with Gasteiger partial charge >= 0.3 is 0 Å². The number of aliphatic hydroxyl groups is 1. The average Bonchev–Trinajstić information content (AvgIpc) is 2.42. The van der Waals surface area contributed by atoms with Crippen molar-refractivity contribution in [3.63, 3.8) is 0 Å². The number of aliphatic hydroxyl groups excluding tert-OH is 1. The van der Waals surface area contributed by atoms with E-state index in [2.05, 4.69) is 17.7 Å². The number of piperidine rings is 1. The predicted molar refractivity (Wildman–Crippen MR) is 85.3 cm³/mol. The van der Waals surface area contributed by atoms with Crippen LogP contribution in [-0.2, 0) is 0 Å². The Labute approximate surface area is 121 Å². The summed E-state index contributed by atoms with van der Waals surface area (Å²) in [4.78, 5) is 2.35. The molecule has 19 heavy (non-hydrogen) atoms. The second kappa shape index (κ2) is 9.45. The van der Waals surface area contributed by atoms with E-state index in [1.165, 1.54) is 18.4 Å². The molecule has 0 aromatic carbocycles. The van der Waals surface area contributed by atoms with Crippen LogP contribution in [0.15, 0.2) is 24.4 Å². The molecule has 0 bridgehead atoms. The van der Waals surface area contributed by atoms with Crippen molar-refractivity contribution < 1.29 is 5.11 Å². The number of rotatable bonds is 8. The van der Waals surface area contributed by atoms with Gasteiger partial charge in [-0.3, -0.25) is 0 Å². The fourth-order valence-corrected chi connectivity index (χ4v) is 3.93. The number of thioether (sulfide) groups is 1. The second-order valence-electron chi connectivity index (χ2n) is 5.18. The van der Waals surface area contributed by atoms with E-state index in [4.69, 9.17) is 10.8 Å². The zero-order valence-corrected chi connectivity index (χ0v) is 12.9. The van der Waals surface area contributed by atoms with Gasteiger partial charge in [-0.05, 0) is 57.1 Å². The summed E-state index contributed by atoms with van der Waals surface area (Å²) in [5.41, 5.74) is 6.72. The van der Waals surface area contributed by atoms with Crippen molar-refractivity contribution in [2.45, 2.75) is 30.9 Å². The summed E-state index contributed by atoms with van der Waals surface area (Å²) in [6, 6.07) is 0. The molecule has 1 aliphatic heterocycles.